The molecule has 0 saturated carbocycles. The number of carbonyl (C=O) groups is 1. The van der Waals surface area contributed by atoms with Crippen molar-refractivity contribution < 1.29 is 9.63 Å². The Kier molecular flexibility index (Phi) is 4.55. The maximum Gasteiger partial charge on any atom is 0.263 e. The third kappa shape index (κ3) is 5.19. The Morgan fingerprint density at radius 2 is 1.71 bits per heavy atom. The molecular formula is C10H22N2O2. The predicted molar refractivity (Wildman–Crippen MR) is 56.7 cm³/mol. The molecule has 0 bridgehead atoms. The fourth-order valence-corrected chi connectivity index (χ4v) is 0.849. The number of hydrogen-bond donors (Lipinski definition) is 2. The van der Waals surface area contributed by atoms with Gasteiger partial charge in [0.25, 0.3) is 5.91 Å². The zero-order chi connectivity index (χ0) is 11.4. The van der Waals surface area contributed by atoms with Gasteiger partial charge in [-0.1, -0.05) is 6.92 Å². The Morgan fingerprint density at radius 1 is 1.21 bits per heavy atom. The highest BCUT2D eigenvalue weighted by atomic mass is 16.7. The highest BCUT2D eigenvalue weighted by Crippen LogP contribution is 2.06. The van der Waals surface area contributed by atoms with Crippen LogP contribution in [-0.4, -0.2) is 23.6 Å². The molecule has 0 rings (SSSR count). The molecule has 84 valence electrons. The van der Waals surface area contributed by atoms with Gasteiger partial charge in [0.05, 0.1) is 11.1 Å². The van der Waals surface area contributed by atoms with Crippen molar-refractivity contribution >= 4 is 5.91 Å². The van der Waals surface area contributed by atoms with Gasteiger partial charge in [-0.3, -0.25) is 9.63 Å². The maximum absolute atomic E-state index is 11.6. The van der Waals surface area contributed by atoms with Crippen LogP contribution in [0, 0.1) is 0 Å². The second-order valence-corrected chi connectivity index (χ2v) is 4.80. The zero-order valence-electron chi connectivity index (χ0n) is 10.0. The van der Waals surface area contributed by atoms with Crippen molar-refractivity contribution in [1.29, 1.82) is 0 Å². The van der Waals surface area contributed by atoms with Crippen molar-refractivity contribution in [3.63, 3.8) is 0 Å². The molecule has 0 aromatic carbocycles. The van der Waals surface area contributed by atoms with Crippen molar-refractivity contribution in [3.05, 3.63) is 0 Å². The minimum Gasteiger partial charge on any atom is -0.304 e. The van der Waals surface area contributed by atoms with Gasteiger partial charge in [-0.15, -0.1) is 0 Å². The van der Waals surface area contributed by atoms with Crippen LogP contribution >= 0.6 is 0 Å². The van der Waals surface area contributed by atoms with Crippen LogP contribution in [0.5, 0.6) is 0 Å². The van der Waals surface area contributed by atoms with Crippen LogP contribution in [0.1, 0.15) is 41.5 Å². The second kappa shape index (κ2) is 4.75. The third-order valence-corrected chi connectivity index (χ3v) is 1.64. The van der Waals surface area contributed by atoms with Crippen LogP contribution in [0.4, 0.5) is 0 Å². The molecule has 0 unspecified atom stereocenters. The summed E-state index contributed by atoms with van der Waals surface area (Å²) in [5.41, 5.74) is 1.49. The first kappa shape index (κ1) is 13.4. The summed E-state index contributed by atoms with van der Waals surface area (Å²) in [5.74, 6) is -0.158. The highest BCUT2D eigenvalue weighted by Gasteiger charge is 2.27. The van der Waals surface area contributed by atoms with Crippen LogP contribution in [-0.2, 0) is 9.63 Å². The fourth-order valence-electron chi connectivity index (χ4n) is 0.849. The minimum absolute atomic E-state index is 0.158. The van der Waals surface area contributed by atoms with Crippen molar-refractivity contribution in [2.45, 2.75) is 52.7 Å². The van der Waals surface area contributed by atoms with E-state index >= 15 is 0 Å². The quantitative estimate of drug-likeness (QED) is 0.674. The van der Waals surface area contributed by atoms with E-state index < -0.39 is 5.54 Å². The lowest BCUT2D eigenvalue weighted by Crippen LogP contribution is -2.53. The SMILES string of the molecule is CCNC(C)(C)C(=O)NOC(C)(C)C. The van der Waals surface area contributed by atoms with E-state index in [1.54, 1.807) is 0 Å². The van der Waals surface area contributed by atoms with Crippen molar-refractivity contribution in [2.75, 3.05) is 6.54 Å². The molecule has 0 spiro atoms. The molecule has 0 heterocycles. The number of hydroxylamine groups is 1. The first-order valence-electron chi connectivity index (χ1n) is 4.92. The standard InChI is InChI=1S/C10H22N2O2/c1-7-11-10(5,6)8(13)12-14-9(2,3)4/h11H,7H2,1-6H3,(H,12,13). The zero-order valence-corrected chi connectivity index (χ0v) is 10.0. The topological polar surface area (TPSA) is 50.4 Å². The fraction of sp³-hybridized carbons (Fsp3) is 0.900. The largest absolute Gasteiger partial charge is 0.304 e. The Morgan fingerprint density at radius 3 is 2.07 bits per heavy atom. The molecule has 2 N–H and O–H groups in total. The highest BCUT2D eigenvalue weighted by molar-refractivity contribution is 5.84. The van der Waals surface area contributed by atoms with Crippen LogP contribution in [0.3, 0.4) is 0 Å². The molecule has 0 radical (unpaired) electrons. The molecule has 0 fully saturated rings. The lowest BCUT2D eigenvalue weighted by Gasteiger charge is -2.27. The van der Waals surface area contributed by atoms with E-state index in [-0.39, 0.29) is 11.5 Å². The number of rotatable bonds is 4. The van der Waals surface area contributed by atoms with E-state index in [9.17, 15) is 4.79 Å². The number of carbonyl (C=O) groups excluding carboxylic acids is 1. The first-order chi connectivity index (χ1) is 6.19. The van der Waals surface area contributed by atoms with E-state index in [0.29, 0.717) is 0 Å². The number of likely N-dealkylation sites (N-methyl/N-ethyl adjacent to an activating group) is 1. The first-order valence-corrected chi connectivity index (χ1v) is 4.92. The number of nitrogens with one attached hydrogen (secondary N) is 2. The van der Waals surface area contributed by atoms with Gasteiger partial charge in [0, 0.05) is 0 Å². The minimum atomic E-state index is -0.597. The van der Waals surface area contributed by atoms with Gasteiger partial charge < -0.3 is 5.32 Å². The molecule has 1 amide bonds. The average Bonchev–Trinajstić information content (AvgIpc) is 1.98. The van der Waals surface area contributed by atoms with E-state index in [1.165, 1.54) is 0 Å². The normalized spacial score (nSPS) is 12.7. The predicted octanol–water partition coefficient (Wildman–Crippen LogP) is 1.22. The third-order valence-electron chi connectivity index (χ3n) is 1.64. The smallest absolute Gasteiger partial charge is 0.263 e. The molecule has 0 atom stereocenters. The Bertz CT molecular complexity index is 195. The molecule has 0 aromatic rings. The maximum atomic E-state index is 11.6. The van der Waals surface area contributed by atoms with Crippen LogP contribution < -0.4 is 10.8 Å². The summed E-state index contributed by atoms with van der Waals surface area (Å²) in [6.45, 7) is 12.0. The summed E-state index contributed by atoms with van der Waals surface area (Å²) in [5, 5.41) is 3.07. The average molecular weight is 202 g/mol. The van der Waals surface area contributed by atoms with Crippen molar-refractivity contribution in [1.82, 2.24) is 10.8 Å². The van der Waals surface area contributed by atoms with Gasteiger partial charge in [-0.2, -0.15) is 0 Å². The molecule has 0 saturated heterocycles. The molecule has 4 heteroatoms. The van der Waals surface area contributed by atoms with Gasteiger partial charge >= 0.3 is 0 Å². The summed E-state index contributed by atoms with van der Waals surface area (Å²) < 4.78 is 0. The van der Waals surface area contributed by atoms with Gasteiger partial charge in [0.1, 0.15) is 0 Å². The van der Waals surface area contributed by atoms with Gasteiger partial charge in [-0.25, -0.2) is 5.48 Å². The van der Waals surface area contributed by atoms with Crippen molar-refractivity contribution in [3.8, 4) is 0 Å². The van der Waals surface area contributed by atoms with Crippen LogP contribution in [0.2, 0.25) is 0 Å². The summed E-state index contributed by atoms with van der Waals surface area (Å²) in [6.07, 6.45) is 0. The van der Waals surface area contributed by atoms with Crippen LogP contribution in [0.25, 0.3) is 0 Å². The molecule has 0 aliphatic rings. The Labute approximate surface area is 86.4 Å². The summed E-state index contributed by atoms with van der Waals surface area (Å²) in [4.78, 5) is 16.8. The van der Waals surface area contributed by atoms with E-state index in [1.807, 2.05) is 41.5 Å². The molecular weight excluding hydrogens is 180 g/mol. The van der Waals surface area contributed by atoms with Gasteiger partial charge in [0.15, 0.2) is 0 Å². The van der Waals surface area contributed by atoms with Crippen molar-refractivity contribution in [2.24, 2.45) is 0 Å². The molecule has 0 aliphatic carbocycles. The Balaban J connectivity index is 4.08. The molecule has 0 aliphatic heterocycles. The summed E-state index contributed by atoms with van der Waals surface area (Å²) in [6, 6.07) is 0. The summed E-state index contributed by atoms with van der Waals surface area (Å²) in [7, 11) is 0. The Hall–Kier alpha value is -0.610. The van der Waals surface area contributed by atoms with Gasteiger partial charge in [-0.05, 0) is 41.2 Å². The molecule has 4 nitrogen and oxygen atoms in total. The molecule has 0 aromatic heterocycles. The number of amides is 1. The lowest BCUT2D eigenvalue weighted by atomic mass is 10.1. The lowest BCUT2D eigenvalue weighted by molar-refractivity contribution is -0.151. The van der Waals surface area contributed by atoms with E-state index in [2.05, 4.69) is 10.8 Å². The second-order valence-electron chi connectivity index (χ2n) is 4.80. The van der Waals surface area contributed by atoms with Crippen LogP contribution in [0.15, 0.2) is 0 Å². The number of hydrogen-bond acceptors (Lipinski definition) is 3. The monoisotopic (exact) mass is 202 g/mol. The molecule has 14 heavy (non-hydrogen) atoms. The van der Waals surface area contributed by atoms with Gasteiger partial charge in [0.2, 0.25) is 0 Å². The van der Waals surface area contributed by atoms with E-state index in [4.69, 9.17) is 4.84 Å². The van der Waals surface area contributed by atoms with E-state index in [0.717, 1.165) is 6.54 Å². The summed E-state index contributed by atoms with van der Waals surface area (Å²) >= 11 is 0.